The van der Waals surface area contributed by atoms with Crippen molar-refractivity contribution in [3.05, 3.63) is 200 Å². The molecule has 0 saturated heterocycles. The van der Waals surface area contributed by atoms with E-state index < -0.39 is 0 Å². The Morgan fingerprint density at radius 3 is 1.82 bits per heavy atom. The van der Waals surface area contributed by atoms with Crippen LogP contribution in [0.1, 0.15) is 12.8 Å². The molecule has 3 heteroatoms. The summed E-state index contributed by atoms with van der Waals surface area (Å²) in [6.07, 6.45) is 10.8. The zero-order valence-corrected chi connectivity index (χ0v) is 27.2. The van der Waals surface area contributed by atoms with Gasteiger partial charge in [-0.2, -0.15) is 0 Å². The predicted octanol–water partition coefficient (Wildman–Crippen LogP) is 12.0. The maximum Gasteiger partial charge on any atom is 0.0671 e. The van der Waals surface area contributed by atoms with Crippen molar-refractivity contribution in [1.82, 2.24) is 4.57 Å². The maximum absolute atomic E-state index is 4.41. The smallest absolute Gasteiger partial charge is 0.0671 e. The summed E-state index contributed by atoms with van der Waals surface area (Å²) in [4.78, 5) is 0. The monoisotopic (exact) mass is 629 g/mol. The molecule has 49 heavy (non-hydrogen) atoms. The summed E-state index contributed by atoms with van der Waals surface area (Å²) in [6.45, 7) is 4.41. The Hall–Kier alpha value is -6.32. The van der Waals surface area contributed by atoms with Gasteiger partial charge in [0.05, 0.1) is 28.1 Å². The highest BCUT2D eigenvalue weighted by Gasteiger charge is 2.25. The molecule has 0 radical (unpaired) electrons. The van der Waals surface area contributed by atoms with Gasteiger partial charge in [0.2, 0.25) is 0 Å². The van der Waals surface area contributed by atoms with Crippen molar-refractivity contribution < 1.29 is 0 Å². The van der Waals surface area contributed by atoms with E-state index in [0.29, 0.717) is 0 Å². The van der Waals surface area contributed by atoms with E-state index in [1.165, 1.54) is 61.0 Å². The number of nitrogens with zero attached hydrogens (tertiary/aromatic N) is 3. The molecule has 0 spiro atoms. The number of fused-ring (bicyclic) bond motifs is 3. The van der Waals surface area contributed by atoms with Gasteiger partial charge in [0.1, 0.15) is 0 Å². The lowest BCUT2D eigenvalue weighted by Crippen LogP contribution is -2.38. The second-order valence-electron chi connectivity index (χ2n) is 12.7. The van der Waals surface area contributed by atoms with Crippen molar-refractivity contribution >= 4 is 33.2 Å². The number of anilines is 2. The van der Waals surface area contributed by atoms with E-state index in [1.54, 1.807) is 0 Å². The van der Waals surface area contributed by atoms with Crippen LogP contribution in [-0.2, 0) is 0 Å². The van der Waals surface area contributed by atoms with E-state index in [-0.39, 0.29) is 0 Å². The standard InChI is InChI=1S/C46H35N3/c1-33-30-31-47(38-12-4-2-5-13-38)49(46-19-11-8-16-41(33)46)40-27-24-35(25-28-40)34-20-22-36(23-21-34)37-26-29-45-43(32-37)42-17-9-10-18-44(42)48(45)39-14-6-3-7-15-39/h2-7,9-15,17-32H,1,8,16H2. The number of para-hydroxylation sites is 3. The lowest BCUT2D eigenvalue weighted by atomic mass is 9.95. The van der Waals surface area contributed by atoms with Crippen molar-refractivity contribution in [2.75, 3.05) is 10.0 Å². The molecule has 7 aromatic rings. The number of benzene rings is 6. The molecule has 3 nitrogen and oxygen atoms in total. The Morgan fingerprint density at radius 2 is 1.08 bits per heavy atom. The number of hydrogen-bond acceptors (Lipinski definition) is 2. The summed E-state index contributed by atoms with van der Waals surface area (Å²) in [7, 11) is 0. The molecule has 1 aliphatic carbocycles. The third-order valence-electron chi connectivity index (χ3n) is 9.77. The Balaban J connectivity index is 1.05. The first-order valence-electron chi connectivity index (χ1n) is 16.9. The highest BCUT2D eigenvalue weighted by molar-refractivity contribution is 6.10. The van der Waals surface area contributed by atoms with E-state index >= 15 is 0 Å². The number of rotatable bonds is 5. The minimum atomic E-state index is 0.987. The largest absolute Gasteiger partial charge is 0.309 e. The highest BCUT2D eigenvalue weighted by atomic mass is 15.6. The molecule has 0 N–H and O–H groups in total. The second-order valence-corrected chi connectivity index (χ2v) is 12.7. The zero-order chi connectivity index (χ0) is 32.7. The van der Waals surface area contributed by atoms with E-state index in [0.717, 1.165) is 29.8 Å². The summed E-state index contributed by atoms with van der Waals surface area (Å²) in [6, 6.07) is 54.6. The SMILES string of the molecule is C=C1C=CN(c2ccccc2)N(c2ccc(-c3ccc(-c4ccc5c(c4)c4ccccc4n5-c4ccccc4)cc3)cc2)C2=C1CCC=C2. The Morgan fingerprint density at radius 1 is 0.490 bits per heavy atom. The molecule has 234 valence electrons. The third kappa shape index (κ3) is 5.08. The summed E-state index contributed by atoms with van der Waals surface area (Å²) < 4.78 is 2.36. The number of aromatic nitrogens is 1. The fraction of sp³-hybridized carbons (Fsp3) is 0.0435. The van der Waals surface area contributed by atoms with Gasteiger partial charge in [0.15, 0.2) is 0 Å². The topological polar surface area (TPSA) is 11.4 Å². The van der Waals surface area contributed by atoms with Crippen LogP contribution in [0.15, 0.2) is 200 Å². The molecule has 0 amide bonds. The quantitative estimate of drug-likeness (QED) is 0.188. The number of hydrazine groups is 1. The van der Waals surface area contributed by atoms with Crippen LogP contribution in [0.5, 0.6) is 0 Å². The zero-order valence-electron chi connectivity index (χ0n) is 27.2. The Labute approximate surface area is 287 Å². The van der Waals surface area contributed by atoms with Crippen LogP contribution in [0, 0.1) is 0 Å². The summed E-state index contributed by atoms with van der Waals surface area (Å²) >= 11 is 0. The van der Waals surface area contributed by atoms with Gasteiger partial charge in [-0.25, -0.2) is 5.01 Å². The summed E-state index contributed by atoms with van der Waals surface area (Å²) in [5, 5.41) is 7.06. The van der Waals surface area contributed by atoms with Gasteiger partial charge in [-0.05, 0) is 113 Å². The molecule has 6 aromatic carbocycles. The molecule has 1 aromatic heterocycles. The molecule has 2 aliphatic rings. The van der Waals surface area contributed by atoms with Crippen molar-refractivity contribution in [3.8, 4) is 27.9 Å². The van der Waals surface area contributed by atoms with Crippen molar-refractivity contribution in [1.29, 1.82) is 0 Å². The number of allylic oxidation sites excluding steroid dienone is 5. The van der Waals surface area contributed by atoms with Gasteiger partial charge < -0.3 is 4.57 Å². The van der Waals surface area contributed by atoms with E-state index in [9.17, 15) is 0 Å². The van der Waals surface area contributed by atoms with Crippen LogP contribution in [0.4, 0.5) is 11.4 Å². The summed E-state index contributed by atoms with van der Waals surface area (Å²) in [5.74, 6) is 0. The van der Waals surface area contributed by atoms with Crippen LogP contribution in [0.3, 0.4) is 0 Å². The minimum Gasteiger partial charge on any atom is -0.309 e. The Bertz CT molecular complexity index is 2430. The number of hydrogen-bond donors (Lipinski definition) is 0. The lowest BCUT2D eigenvalue weighted by Gasteiger charge is -2.37. The van der Waals surface area contributed by atoms with Crippen LogP contribution in [0.25, 0.3) is 49.7 Å². The Kier molecular flexibility index (Phi) is 7.09. The fourth-order valence-electron chi connectivity index (χ4n) is 7.32. The molecule has 0 unspecified atom stereocenters. The molecule has 9 rings (SSSR count). The first-order chi connectivity index (χ1) is 24.2. The average Bonchev–Trinajstić information content (AvgIpc) is 3.42. The van der Waals surface area contributed by atoms with E-state index in [2.05, 4.69) is 197 Å². The predicted molar refractivity (Wildman–Crippen MR) is 207 cm³/mol. The second kappa shape index (κ2) is 12.0. The highest BCUT2D eigenvalue weighted by Crippen LogP contribution is 2.39. The van der Waals surface area contributed by atoms with Crippen molar-refractivity contribution in [3.63, 3.8) is 0 Å². The minimum absolute atomic E-state index is 0.987. The lowest BCUT2D eigenvalue weighted by molar-refractivity contribution is 0.888. The van der Waals surface area contributed by atoms with Crippen LogP contribution in [0.2, 0.25) is 0 Å². The normalized spacial score (nSPS) is 14.5. The first-order valence-corrected chi connectivity index (χ1v) is 16.9. The molecule has 1 aliphatic heterocycles. The van der Waals surface area contributed by atoms with Gasteiger partial charge in [-0.15, -0.1) is 0 Å². The van der Waals surface area contributed by atoms with Gasteiger partial charge in [0.25, 0.3) is 0 Å². The van der Waals surface area contributed by atoms with Crippen molar-refractivity contribution in [2.24, 2.45) is 0 Å². The molecule has 0 atom stereocenters. The van der Waals surface area contributed by atoms with Crippen molar-refractivity contribution in [2.45, 2.75) is 12.8 Å². The molecule has 0 fully saturated rings. The third-order valence-corrected chi connectivity index (χ3v) is 9.77. The summed E-state index contributed by atoms with van der Waals surface area (Å²) in [5.41, 5.74) is 14.1. The van der Waals surface area contributed by atoms with Gasteiger partial charge in [-0.1, -0.05) is 110 Å². The molecular formula is C46H35N3. The van der Waals surface area contributed by atoms with Gasteiger partial charge >= 0.3 is 0 Å². The van der Waals surface area contributed by atoms with E-state index in [4.69, 9.17) is 0 Å². The van der Waals surface area contributed by atoms with Crippen LogP contribution < -0.4 is 10.0 Å². The molecular weight excluding hydrogens is 595 g/mol. The molecule has 2 heterocycles. The molecule has 0 bridgehead atoms. The average molecular weight is 630 g/mol. The van der Waals surface area contributed by atoms with Crippen LogP contribution in [-0.4, -0.2) is 4.57 Å². The first kappa shape index (κ1) is 28.9. The van der Waals surface area contributed by atoms with Crippen LogP contribution >= 0.6 is 0 Å². The maximum atomic E-state index is 4.41. The van der Waals surface area contributed by atoms with E-state index in [1.807, 2.05) is 0 Å². The fourth-order valence-corrected chi connectivity index (χ4v) is 7.32. The van der Waals surface area contributed by atoms with Gasteiger partial charge in [-0.3, -0.25) is 5.01 Å². The molecule has 0 saturated carbocycles. The van der Waals surface area contributed by atoms with Gasteiger partial charge in [0, 0.05) is 22.7 Å².